The number of anilines is 1. The second-order valence-electron chi connectivity index (χ2n) is 6.91. The van der Waals surface area contributed by atoms with E-state index < -0.39 is 0 Å². The molecule has 1 N–H and O–H groups in total. The number of rotatable bonds is 5. The molecule has 0 saturated carbocycles. The fourth-order valence-electron chi connectivity index (χ4n) is 3.83. The quantitative estimate of drug-likeness (QED) is 0.866. The van der Waals surface area contributed by atoms with E-state index in [0.717, 1.165) is 19.0 Å². The number of hydrogen-bond donors (Lipinski definition) is 1. The summed E-state index contributed by atoms with van der Waals surface area (Å²) < 4.78 is 13.6. The zero-order valence-electron chi connectivity index (χ0n) is 14.2. The van der Waals surface area contributed by atoms with Crippen molar-refractivity contribution in [2.45, 2.75) is 44.6 Å². The van der Waals surface area contributed by atoms with E-state index >= 15 is 0 Å². The molecular weight excluding hydrogens is 323 g/mol. The molecule has 3 nitrogen and oxygen atoms in total. The van der Waals surface area contributed by atoms with E-state index in [0.29, 0.717) is 12.3 Å². The lowest BCUT2D eigenvalue weighted by Crippen LogP contribution is -2.44. The molecule has 0 bridgehead atoms. The molecule has 1 amide bonds. The zero-order valence-corrected chi connectivity index (χ0v) is 15.0. The summed E-state index contributed by atoms with van der Waals surface area (Å²) in [5, 5.41) is 2.69. The molecule has 1 aromatic rings. The van der Waals surface area contributed by atoms with Crippen molar-refractivity contribution in [2.24, 2.45) is 5.92 Å². The second kappa shape index (κ2) is 8.86. The van der Waals surface area contributed by atoms with Crippen molar-refractivity contribution >= 4 is 23.4 Å². The average Bonchev–Trinajstić information content (AvgIpc) is 2.63. The van der Waals surface area contributed by atoms with E-state index in [1.54, 1.807) is 18.2 Å². The van der Waals surface area contributed by atoms with Crippen LogP contribution in [0.2, 0.25) is 0 Å². The molecule has 0 radical (unpaired) electrons. The van der Waals surface area contributed by atoms with Gasteiger partial charge in [-0.05, 0) is 68.2 Å². The lowest BCUT2D eigenvalue weighted by molar-refractivity contribution is -0.116. The molecule has 2 saturated heterocycles. The fraction of sp³-hybridized carbons (Fsp3) is 0.632. The third-order valence-corrected chi connectivity index (χ3v) is 6.23. The van der Waals surface area contributed by atoms with Gasteiger partial charge in [-0.1, -0.05) is 12.1 Å². The predicted octanol–water partition coefficient (Wildman–Crippen LogP) is 4.15. The summed E-state index contributed by atoms with van der Waals surface area (Å²) in [6.07, 6.45) is 6.45. The zero-order chi connectivity index (χ0) is 16.8. The van der Waals surface area contributed by atoms with Crippen LogP contribution < -0.4 is 5.32 Å². The Morgan fingerprint density at radius 3 is 2.83 bits per heavy atom. The van der Waals surface area contributed by atoms with Crippen LogP contribution in [0.4, 0.5) is 10.1 Å². The number of carbonyl (C=O) groups is 1. The highest BCUT2D eigenvalue weighted by atomic mass is 32.2. The number of halogens is 1. The van der Waals surface area contributed by atoms with E-state index in [9.17, 15) is 9.18 Å². The monoisotopic (exact) mass is 350 g/mol. The van der Waals surface area contributed by atoms with Crippen LogP contribution in [-0.2, 0) is 4.79 Å². The number of likely N-dealkylation sites (tertiary alicyclic amines) is 1. The van der Waals surface area contributed by atoms with Gasteiger partial charge in [0.15, 0.2) is 0 Å². The summed E-state index contributed by atoms with van der Waals surface area (Å²) in [5.74, 6) is 2.73. The van der Waals surface area contributed by atoms with Crippen LogP contribution in [0.1, 0.15) is 38.5 Å². The summed E-state index contributed by atoms with van der Waals surface area (Å²) >= 11 is 2.07. The molecule has 1 atom stereocenters. The van der Waals surface area contributed by atoms with Gasteiger partial charge >= 0.3 is 0 Å². The number of piperidine rings is 1. The minimum absolute atomic E-state index is 0.0775. The Hall–Kier alpha value is -1.07. The van der Waals surface area contributed by atoms with E-state index in [2.05, 4.69) is 22.0 Å². The van der Waals surface area contributed by atoms with E-state index in [1.165, 1.54) is 49.8 Å². The maximum Gasteiger partial charge on any atom is 0.224 e. The minimum Gasteiger partial charge on any atom is -0.324 e. The van der Waals surface area contributed by atoms with Crippen LogP contribution >= 0.6 is 11.8 Å². The van der Waals surface area contributed by atoms with Gasteiger partial charge in [-0.3, -0.25) is 4.79 Å². The van der Waals surface area contributed by atoms with Gasteiger partial charge in [0.25, 0.3) is 0 Å². The van der Waals surface area contributed by atoms with Crippen LogP contribution in [0, 0.1) is 11.7 Å². The standard InChI is InChI=1S/C19H27FN2OS/c20-17-5-1-2-6-18(17)21-19(23)8-7-15-4-3-11-22(14-15)16-9-12-24-13-10-16/h1-2,5-6,15-16H,3-4,7-14H2,(H,21,23). The maximum atomic E-state index is 13.6. The van der Waals surface area contributed by atoms with E-state index in [1.807, 2.05) is 0 Å². The van der Waals surface area contributed by atoms with Gasteiger partial charge < -0.3 is 10.2 Å². The van der Waals surface area contributed by atoms with Crippen LogP contribution in [0.25, 0.3) is 0 Å². The normalized spacial score (nSPS) is 23.1. The Labute approximate surface area is 148 Å². The smallest absolute Gasteiger partial charge is 0.224 e. The molecule has 2 aliphatic rings. The van der Waals surface area contributed by atoms with Crippen LogP contribution in [-0.4, -0.2) is 41.4 Å². The molecule has 1 aromatic carbocycles. The molecule has 3 rings (SSSR count). The molecule has 0 aromatic heterocycles. The van der Waals surface area contributed by atoms with Crippen molar-refractivity contribution in [1.82, 2.24) is 4.90 Å². The number of nitrogens with zero attached hydrogens (tertiary/aromatic N) is 1. The Kier molecular flexibility index (Phi) is 6.55. The summed E-state index contributed by atoms with van der Waals surface area (Å²) in [6, 6.07) is 7.10. The average molecular weight is 351 g/mol. The van der Waals surface area contributed by atoms with Crippen molar-refractivity contribution in [2.75, 3.05) is 29.9 Å². The van der Waals surface area contributed by atoms with Gasteiger partial charge in [-0.25, -0.2) is 4.39 Å². The number of thioether (sulfide) groups is 1. The van der Waals surface area contributed by atoms with Crippen molar-refractivity contribution in [1.29, 1.82) is 0 Å². The second-order valence-corrected chi connectivity index (χ2v) is 8.14. The first-order valence-electron chi connectivity index (χ1n) is 9.08. The van der Waals surface area contributed by atoms with Gasteiger partial charge in [0, 0.05) is 19.0 Å². The highest BCUT2D eigenvalue weighted by molar-refractivity contribution is 7.99. The molecule has 2 heterocycles. The number of hydrogen-bond acceptors (Lipinski definition) is 3. The summed E-state index contributed by atoms with van der Waals surface area (Å²) in [5.41, 5.74) is 0.285. The molecule has 132 valence electrons. The van der Waals surface area contributed by atoms with Crippen LogP contribution in [0.3, 0.4) is 0 Å². The Morgan fingerprint density at radius 1 is 1.25 bits per heavy atom. The van der Waals surface area contributed by atoms with Crippen molar-refractivity contribution in [3.05, 3.63) is 30.1 Å². The molecule has 0 spiro atoms. The first kappa shape index (κ1) is 17.7. The summed E-state index contributed by atoms with van der Waals surface area (Å²) in [7, 11) is 0. The summed E-state index contributed by atoms with van der Waals surface area (Å²) in [4.78, 5) is 14.8. The van der Waals surface area contributed by atoms with Crippen molar-refractivity contribution in [3.63, 3.8) is 0 Å². The van der Waals surface area contributed by atoms with Gasteiger partial charge in [0.2, 0.25) is 5.91 Å². The minimum atomic E-state index is -0.371. The molecule has 1 unspecified atom stereocenters. The van der Waals surface area contributed by atoms with Crippen LogP contribution in [0.5, 0.6) is 0 Å². The highest BCUT2D eigenvalue weighted by Gasteiger charge is 2.27. The largest absolute Gasteiger partial charge is 0.324 e. The topological polar surface area (TPSA) is 32.3 Å². The Bertz CT molecular complexity index is 548. The van der Waals surface area contributed by atoms with Gasteiger partial charge in [0.05, 0.1) is 5.69 Å². The van der Waals surface area contributed by atoms with E-state index in [-0.39, 0.29) is 17.4 Å². The van der Waals surface area contributed by atoms with Gasteiger partial charge in [-0.15, -0.1) is 0 Å². The number of amides is 1. The number of para-hydroxylation sites is 1. The predicted molar refractivity (Wildman–Crippen MR) is 98.9 cm³/mol. The Morgan fingerprint density at radius 2 is 2.04 bits per heavy atom. The van der Waals surface area contributed by atoms with Gasteiger partial charge in [0.1, 0.15) is 5.82 Å². The fourth-order valence-corrected chi connectivity index (χ4v) is 4.91. The highest BCUT2D eigenvalue weighted by Crippen LogP contribution is 2.28. The molecule has 5 heteroatoms. The van der Waals surface area contributed by atoms with Crippen molar-refractivity contribution in [3.8, 4) is 0 Å². The molecule has 0 aliphatic carbocycles. The number of nitrogens with one attached hydrogen (secondary N) is 1. The molecular formula is C19H27FN2OS. The lowest BCUT2D eigenvalue weighted by Gasteiger charge is -2.40. The van der Waals surface area contributed by atoms with Crippen molar-refractivity contribution < 1.29 is 9.18 Å². The van der Waals surface area contributed by atoms with Gasteiger partial charge in [-0.2, -0.15) is 11.8 Å². The third kappa shape index (κ3) is 4.96. The molecule has 2 fully saturated rings. The molecule has 2 aliphatic heterocycles. The first-order valence-corrected chi connectivity index (χ1v) is 10.2. The lowest BCUT2D eigenvalue weighted by atomic mass is 9.91. The SMILES string of the molecule is O=C(CCC1CCCN(C2CCSCC2)C1)Nc1ccccc1F. The maximum absolute atomic E-state index is 13.6. The summed E-state index contributed by atoms with van der Waals surface area (Å²) in [6.45, 7) is 2.34. The van der Waals surface area contributed by atoms with Crippen LogP contribution in [0.15, 0.2) is 24.3 Å². The van der Waals surface area contributed by atoms with E-state index in [4.69, 9.17) is 0 Å². The first-order chi connectivity index (χ1) is 11.7. The number of benzene rings is 1. The number of carbonyl (C=O) groups excluding carboxylic acids is 1. The third-order valence-electron chi connectivity index (χ3n) is 5.19. The Balaban J connectivity index is 1.44. The molecule has 24 heavy (non-hydrogen) atoms.